The lowest BCUT2D eigenvalue weighted by Crippen LogP contribution is -2.24. The van der Waals surface area contributed by atoms with Gasteiger partial charge in [0.2, 0.25) is 0 Å². The fraction of sp³-hybridized carbons (Fsp3) is 0.200. The van der Waals surface area contributed by atoms with Crippen LogP contribution in [-0.2, 0) is 11.4 Å². The molecule has 3 aromatic rings. The predicted molar refractivity (Wildman–Crippen MR) is 153 cm³/mol. The number of benzene rings is 3. The number of carbonyl (C=O) groups excluding carboxylic acids is 1. The van der Waals surface area contributed by atoms with Crippen LogP contribution in [0.3, 0.4) is 0 Å². The van der Waals surface area contributed by atoms with Gasteiger partial charge in [-0.05, 0) is 47.5 Å². The van der Waals surface area contributed by atoms with Crippen LogP contribution in [0.5, 0.6) is 11.5 Å². The molecule has 0 spiro atoms. The number of halogens is 4. The molecule has 0 aromatic heterocycles. The lowest BCUT2D eigenvalue weighted by molar-refractivity contribution is -0.123. The Morgan fingerprint density at radius 3 is 2.31 bits per heavy atom. The van der Waals surface area contributed by atoms with Crippen LogP contribution in [0.25, 0.3) is 0 Å². The molecule has 1 N–H and O–H groups in total. The minimum atomic E-state index is -0.394. The van der Waals surface area contributed by atoms with Crippen molar-refractivity contribution in [3.05, 3.63) is 91.4 Å². The van der Waals surface area contributed by atoms with Gasteiger partial charge in [-0.1, -0.05) is 64.6 Å². The SMILES string of the molecule is O=C(COc1ccc(C2SCCS2)cc1)N/N=C\c1cc(Cl)c(OCc2ccc(Cl)cc2Cl)c(Cl)c1. The number of rotatable bonds is 9. The molecule has 1 aliphatic rings. The number of nitrogens with one attached hydrogen (secondary N) is 1. The van der Waals surface area contributed by atoms with Crippen molar-refractivity contribution in [2.75, 3.05) is 18.1 Å². The third-order valence-corrected chi connectivity index (χ3v) is 9.21. The van der Waals surface area contributed by atoms with E-state index in [1.165, 1.54) is 23.3 Å². The van der Waals surface area contributed by atoms with Crippen LogP contribution >= 0.6 is 69.9 Å². The molecule has 1 fully saturated rings. The molecule has 1 aliphatic heterocycles. The van der Waals surface area contributed by atoms with Crippen molar-refractivity contribution in [1.82, 2.24) is 5.43 Å². The smallest absolute Gasteiger partial charge is 0.277 e. The molecule has 0 bridgehead atoms. The van der Waals surface area contributed by atoms with E-state index in [2.05, 4.69) is 10.5 Å². The van der Waals surface area contributed by atoms with Gasteiger partial charge in [-0.25, -0.2) is 5.43 Å². The Morgan fingerprint density at radius 2 is 1.64 bits per heavy atom. The maximum atomic E-state index is 12.1. The third-order valence-electron chi connectivity index (χ3n) is 4.95. The Labute approximate surface area is 237 Å². The molecule has 0 radical (unpaired) electrons. The monoisotopic (exact) mass is 600 g/mol. The van der Waals surface area contributed by atoms with Gasteiger partial charge in [-0.2, -0.15) is 5.10 Å². The van der Waals surface area contributed by atoms with Crippen LogP contribution in [0.1, 0.15) is 21.3 Å². The molecule has 188 valence electrons. The summed E-state index contributed by atoms with van der Waals surface area (Å²) >= 11 is 28.7. The Hall–Kier alpha value is -1.74. The van der Waals surface area contributed by atoms with Gasteiger partial charge in [0.1, 0.15) is 12.4 Å². The number of hydrogen-bond acceptors (Lipinski definition) is 6. The minimum absolute atomic E-state index is 0.162. The van der Waals surface area contributed by atoms with E-state index in [9.17, 15) is 4.79 Å². The Kier molecular flexibility index (Phi) is 9.99. The second kappa shape index (κ2) is 13.2. The minimum Gasteiger partial charge on any atom is -0.486 e. The van der Waals surface area contributed by atoms with Gasteiger partial charge in [0, 0.05) is 27.1 Å². The van der Waals surface area contributed by atoms with E-state index in [1.54, 1.807) is 30.3 Å². The average Bonchev–Trinajstić information content (AvgIpc) is 3.39. The van der Waals surface area contributed by atoms with E-state index in [0.717, 1.165) is 5.56 Å². The molecule has 0 unspecified atom stereocenters. The number of nitrogens with zero attached hydrogens (tertiary/aromatic N) is 1. The van der Waals surface area contributed by atoms with Gasteiger partial charge in [0.25, 0.3) is 5.91 Å². The van der Waals surface area contributed by atoms with Crippen molar-refractivity contribution in [2.45, 2.75) is 11.2 Å². The lowest BCUT2D eigenvalue weighted by Gasteiger charge is -2.12. The zero-order valence-electron chi connectivity index (χ0n) is 18.7. The van der Waals surface area contributed by atoms with E-state index in [1.807, 2.05) is 47.8 Å². The summed E-state index contributed by atoms with van der Waals surface area (Å²) in [5.74, 6) is 2.89. The van der Waals surface area contributed by atoms with Crippen LogP contribution in [0.4, 0.5) is 0 Å². The summed E-state index contributed by atoms with van der Waals surface area (Å²) in [6.45, 7) is 0.00529. The Bertz CT molecular complexity index is 1230. The highest BCUT2D eigenvalue weighted by Gasteiger charge is 2.18. The third kappa shape index (κ3) is 7.63. The van der Waals surface area contributed by atoms with Gasteiger partial charge in [-0.3, -0.25) is 4.79 Å². The highest BCUT2D eigenvalue weighted by Crippen LogP contribution is 2.45. The van der Waals surface area contributed by atoms with E-state index >= 15 is 0 Å². The number of hydrazone groups is 1. The van der Waals surface area contributed by atoms with Gasteiger partial charge in [0.15, 0.2) is 12.4 Å². The average molecular weight is 602 g/mol. The number of ether oxygens (including phenoxy) is 2. The summed E-state index contributed by atoms with van der Waals surface area (Å²) in [6, 6.07) is 16.2. The zero-order chi connectivity index (χ0) is 25.5. The Balaban J connectivity index is 1.26. The summed E-state index contributed by atoms with van der Waals surface area (Å²) in [5.41, 5.74) is 5.01. The van der Waals surface area contributed by atoms with Crippen molar-refractivity contribution in [3.63, 3.8) is 0 Å². The van der Waals surface area contributed by atoms with Crippen molar-refractivity contribution in [2.24, 2.45) is 5.10 Å². The first-order valence-electron chi connectivity index (χ1n) is 10.7. The molecule has 1 saturated heterocycles. The molecule has 11 heteroatoms. The van der Waals surface area contributed by atoms with Crippen LogP contribution < -0.4 is 14.9 Å². The number of amides is 1. The van der Waals surface area contributed by atoms with E-state index < -0.39 is 5.91 Å². The van der Waals surface area contributed by atoms with Gasteiger partial charge < -0.3 is 9.47 Å². The van der Waals surface area contributed by atoms with Crippen LogP contribution in [0.2, 0.25) is 20.1 Å². The molecular weight excluding hydrogens is 582 g/mol. The standard InChI is InChI=1S/C25H20Cl4N2O3S2/c26-18-4-1-17(20(27)11-18)13-34-24-21(28)9-15(10-22(24)29)12-30-31-23(32)14-33-19-5-2-16(3-6-19)25-35-7-8-36-25/h1-6,9-12,25H,7-8,13-14H2,(H,31,32)/b30-12-. The van der Waals surface area contributed by atoms with Crippen LogP contribution in [0.15, 0.2) is 59.7 Å². The highest BCUT2D eigenvalue weighted by atomic mass is 35.5. The maximum absolute atomic E-state index is 12.1. The molecular formula is C25H20Cl4N2O3S2. The normalized spacial score (nSPS) is 13.8. The van der Waals surface area contributed by atoms with Crippen molar-refractivity contribution in [3.8, 4) is 11.5 Å². The lowest BCUT2D eigenvalue weighted by atomic mass is 10.2. The molecule has 0 saturated carbocycles. The first-order valence-corrected chi connectivity index (χ1v) is 14.3. The molecule has 1 heterocycles. The van der Waals surface area contributed by atoms with Gasteiger partial charge in [0.05, 0.1) is 20.8 Å². The summed E-state index contributed by atoms with van der Waals surface area (Å²) in [7, 11) is 0. The second-order valence-electron chi connectivity index (χ2n) is 7.56. The first-order chi connectivity index (χ1) is 17.4. The largest absolute Gasteiger partial charge is 0.486 e. The number of carbonyl (C=O) groups is 1. The molecule has 0 aliphatic carbocycles. The quantitative estimate of drug-likeness (QED) is 0.200. The molecule has 36 heavy (non-hydrogen) atoms. The van der Waals surface area contributed by atoms with Crippen molar-refractivity contribution in [1.29, 1.82) is 0 Å². The fourth-order valence-corrected chi connectivity index (χ4v) is 7.15. The molecule has 4 rings (SSSR count). The van der Waals surface area contributed by atoms with E-state index in [0.29, 0.717) is 41.7 Å². The van der Waals surface area contributed by atoms with Crippen molar-refractivity contribution < 1.29 is 14.3 Å². The summed E-state index contributed by atoms with van der Waals surface area (Å²) in [4.78, 5) is 12.1. The van der Waals surface area contributed by atoms with E-state index in [4.69, 9.17) is 55.9 Å². The molecule has 5 nitrogen and oxygen atoms in total. The molecule has 0 atom stereocenters. The Morgan fingerprint density at radius 1 is 0.944 bits per heavy atom. The summed E-state index contributed by atoms with van der Waals surface area (Å²) in [5, 5.41) is 5.55. The first kappa shape index (κ1) is 27.3. The number of thioether (sulfide) groups is 2. The van der Waals surface area contributed by atoms with Crippen LogP contribution in [0, 0.1) is 0 Å². The zero-order valence-corrected chi connectivity index (χ0v) is 23.3. The predicted octanol–water partition coefficient (Wildman–Crippen LogP) is 7.89. The fourth-order valence-electron chi connectivity index (χ4n) is 3.21. The summed E-state index contributed by atoms with van der Waals surface area (Å²) in [6.07, 6.45) is 1.43. The van der Waals surface area contributed by atoms with Gasteiger partial charge in [-0.15, -0.1) is 23.5 Å². The summed E-state index contributed by atoms with van der Waals surface area (Å²) < 4.78 is 11.8. The second-order valence-corrected chi connectivity index (χ2v) is 11.9. The van der Waals surface area contributed by atoms with Crippen LogP contribution in [-0.4, -0.2) is 30.2 Å². The van der Waals surface area contributed by atoms with Gasteiger partial charge >= 0.3 is 0 Å². The van der Waals surface area contributed by atoms with E-state index in [-0.39, 0.29) is 13.2 Å². The van der Waals surface area contributed by atoms with Crippen molar-refractivity contribution >= 4 is 82.0 Å². The maximum Gasteiger partial charge on any atom is 0.277 e. The highest BCUT2D eigenvalue weighted by molar-refractivity contribution is 8.19. The topological polar surface area (TPSA) is 59.9 Å². The number of hydrogen-bond donors (Lipinski definition) is 1. The molecule has 1 amide bonds. The molecule has 3 aromatic carbocycles.